The van der Waals surface area contributed by atoms with E-state index in [9.17, 15) is 9.90 Å². The summed E-state index contributed by atoms with van der Waals surface area (Å²) in [7, 11) is 0. The number of aliphatic carboxylic acids is 1. The van der Waals surface area contributed by atoms with Gasteiger partial charge < -0.3 is 5.11 Å². The first-order chi connectivity index (χ1) is 7.59. The molecular formula is C13H25NO2. The molecule has 0 aliphatic carbocycles. The third kappa shape index (κ3) is 2.57. The van der Waals surface area contributed by atoms with Gasteiger partial charge in [-0.2, -0.15) is 0 Å². The summed E-state index contributed by atoms with van der Waals surface area (Å²) in [5.41, 5.74) is -0.471. The molecule has 0 bridgehead atoms. The number of carbonyl (C=O) groups is 1. The van der Waals surface area contributed by atoms with Crippen LogP contribution in [-0.4, -0.2) is 35.1 Å². The van der Waals surface area contributed by atoms with Crippen LogP contribution in [0.3, 0.4) is 0 Å². The fraction of sp³-hybridized carbons (Fsp3) is 0.923. The normalized spacial score (nSPS) is 28.2. The third-order valence-corrected chi connectivity index (χ3v) is 4.12. The lowest BCUT2D eigenvalue weighted by Crippen LogP contribution is -2.38. The van der Waals surface area contributed by atoms with Crippen molar-refractivity contribution in [2.75, 3.05) is 13.1 Å². The Hall–Kier alpha value is -0.570. The highest BCUT2D eigenvalue weighted by molar-refractivity contribution is 5.75. The molecule has 1 rings (SSSR count). The first kappa shape index (κ1) is 13.5. The maximum absolute atomic E-state index is 11.3. The average Bonchev–Trinajstić information content (AvgIpc) is 2.71. The molecule has 1 heterocycles. The largest absolute Gasteiger partial charge is 0.481 e. The van der Waals surface area contributed by atoms with Crippen molar-refractivity contribution in [2.24, 2.45) is 5.41 Å². The second-order valence-corrected chi connectivity index (χ2v) is 5.01. The number of likely N-dealkylation sites (tertiary alicyclic amines) is 1. The van der Waals surface area contributed by atoms with Crippen LogP contribution in [0.15, 0.2) is 0 Å². The molecule has 1 aliphatic rings. The quantitative estimate of drug-likeness (QED) is 0.758. The third-order valence-electron chi connectivity index (χ3n) is 4.12. The number of nitrogens with zero attached hydrogens (tertiary/aromatic N) is 1. The number of carboxylic acids is 1. The second kappa shape index (κ2) is 5.67. The van der Waals surface area contributed by atoms with E-state index in [1.165, 1.54) is 12.8 Å². The lowest BCUT2D eigenvalue weighted by molar-refractivity contribution is -0.148. The van der Waals surface area contributed by atoms with Gasteiger partial charge in [0.2, 0.25) is 0 Å². The summed E-state index contributed by atoms with van der Waals surface area (Å²) in [5.74, 6) is -0.608. The molecule has 1 aliphatic heterocycles. The fourth-order valence-corrected chi connectivity index (χ4v) is 2.81. The van der Waals surface area contributed by atoms with Crippen LogP contribution < -0.4 is 0 Å². The molecule has 0 saturated carbocycles. The Morgan fingerprint density at radius 3 is 2.50 bits per heavy atom. The maximum atomic E-state index is 11.3. The predicted octanol–water partition coefficient (Wildman–Crippen LogP) is 2.75. The molecule has 0 aromatic carbocycles. The van der Waals surface area contributed by atoms with Gasteiger partial charge in [-0.1, -0.05) is 27.2 Å². The van der Waals surface area contributed by atoms with Crippen molar-refractivity contribution >= 4 is 5.97 Å². The summed E-state index contributed by atoms with van der Waals surface area (Å²) >= 11 is 0. The second-order valence-electron chi connectivity index (χ2n) is 5.01. The zero-order valence-electron chi connectivity index (χ0n) is 10.8. The van der Waals surface area contributed by atoms with E-state index in [-0.39, 0.29) is 0 Å². The van der Waals surface area contributed by atoms with Crippen LogP contribution in [0.25, 0.3) is 0 Å². The van der Waals surface area contributed by atoms with E-state index >= 15 is 0 Å². The van der Waals surface area contributed by atoms with Crippen molar-refractivity contribution in [3.05, 3.63) is 0 Å². The number of hydrogen-bond acceptors (Lipinski definition) is 2. The standard InChI is InChI=1S/C13H25NO2/c1-4-7-11(5-2)14-9-8-13(6-3,10-14)12(15)16/h11H,4-10H2,1-3H3,(H,15,16). The Labute approximate surface area is 98.8 Å². The minimum Gasteiger partial charge on any atom is -0.481 e. The number of carboxylic acid groups (broad SMARTS) is 1. The van der Waals surface area contributed by atoms with E-state index in [2.05, 4.69) is 18.7 Å². The van der Waals surface area contributed by atoms with Crippen LogP contribution >= 0.6 is 0 Å². The summed E-state index contributed by atoms with van der Waals surface area (Å²) in [4.78, 5) is 13.7. The molecule has 0 spiro atoms. The van der Waals surface area contributed by atoms with E-state index in [1.807, 2.05) is 6.92 Å². The molecule has 0 amide bonds. The SMILES string of the molecule is CCCC(CC)N1CCC(CC)(C(=O)O)C1. The maximum Gasteiger partial charge on any atom is 0.310 e. The first-order valence-electron chi connectivity index (χ1n) is 6.57. The Kier molecular flexibility index (Phi) is 4.78. The Bertz CT molecular complexity index is 242. The predicted molar refractivity (Wildman–Crippen MR) is 65.5 cm³/mol. The van der Waals surface area contributed by atoms with Crippen molar-refractivity contribution in [1.82, 2.24) is 4.90 Å². The lowest BCUT2D eigenvalue weighted by Gasteiger charge is -2.29. The van der Waals surface area contributed by atoms with E-state index in [0.717, 1.165) is 32.4 Å². The Morgan fingerprint density at radius 2 is 2.12 bits per heavy atom. The molecule has 16 heavy (non-hydrogen) atoms. The van der Waals surface area contributed by atoms with Crippen molar-refractivity contribution in [2.45, 2.75) is 58.9 Å². The van der Waals surface area contributed by atoms with Crippen LogP contribution in [0.1, 0.15) is 52.9 Å². The molecule has 0 radical (unpaired) electrons. The van der Waals surface area contributed by atoms with Crippen LogP contribution in [0, 0.1) is 5.41 Å². The van der Waals surface area contributed by atoms with Gasteiger partial charge in [0.15, 0.2) is 0 Å². The lowest BCUT2D eigenvalue weighted by atomic mass is 9.84. The van der Waals surface area contributed by atoms with Crippen LogP contribution in [0.5, 0.6) is 0 Å². The van der Waals surface area contributed by atoms with Crippen molar-refractivity contribution in [3.63, 3.8) is 0 Å². The summed E-state index contributed by atoms with van der Waals surface area (Å²) in [6.45, 7) is 8.10. The monoisotopic (exact) mass is 227 g/mol. The first-order valence-corrected chi connectivity index (χ1v) is 6.57. The molecule has 3 heteroatoms. The molecular weight excluding hydrogens is 202 g/mol. The minimum absolute atomic E-state index is 0.471. The smallest absolute Gasteiger partial charge is 0.310 e. The molecule has 2 atom stereocenters. The van der Waals surface area contributed by atoms with Gasteiger partial charge in [-0.15, -0.1) is 0 Å². The van der Waals surface area contributed by atoms with Gasteiger partial charge in [-0.3, -0.25) is 9.69 Å². The van der Waals surface area contributed by atoms with Gasteiger partial charge in [0.25, 0.3) is 0 Å². The Morgan fingerprint density at radius 1 is 1.44 bits per heavy atom. The van der Waals surface area contributed by atoms with Crippen molar-refractivity contribution in [3.8, 4) is 0 Å². The molecule has 1 saturated heterocycles. The van der Waals surface area contributed by atoms with Crippen LogP contribution in [-0.2, 0) is 4.79 Å². The van der Waals surface area contributed by atoms with Crippen LogP contribution in [0.2, 0.25) is 0 Å². The number of hydrogen-bond donors (Lipinski definition) is 1. The summed E-state index contributed by atoms with van der Waals surface area (Å²) < 4.78 is 0. The summed E-state index contributed by atoms with van der Waals surface area (Å²) in [6.07, 6.45) is 5.07. The molecule has 0 aromatic rings. The van der Waals surface area contributed by atoms with Gasteiger partial charge in [0.1, 0.15) is 0 Å². The highest BCUT2D eigenvalue weighted by Crippen LogP contribution is 2.36. The van der Waals surface area contributed by atoms with E-state index in [0.29, 0.717) is 6.04 Å². The average molecular weight is 227 g/mol. The van der Waals surface area contributed by atoms with E-state index in [4.69, 9.17) is 0 Å². The van der Waals surface area contributed by atoms with Gasteiger partial charge in [0.05, 0.1) is 5.41 Å². The molecule has 3 nitrogen and oxygen atoms in total. The summed E-state index contributed by atoms with van der Waals surface area (Å²) in [6, 6.07) is 0.581. The zero-order valence-corrected chi connectivity index (χ0v) is 10.8. The van der Waals surface area contributed by atoms with Gasteiger partial charge in [0, 0.05) is 12.6 Å². The molecule has 94 valence electrons. The van der Waals surface area contributed by atoms with Crippen molar-refractivity contribution < 1.29 is 9.90 Å². The highest BCUT2D eigenvalue weighted by atomic mass is 16.4. The number of rotatable bonds is 6. The molecule has 1 fully saturated rings. The molecule has 1 N–H and O–H groups in total. The molecule has 0 aromatic heterocycles. The van der Waals surface area contributed by atoms with Gasteiger partial charge in [-0.25, -0.2) is 0 Å². The highest BCUT2D eigenvalue weighted by Gasteiger charge is 2.44. The molecule has 2 unspecified atom stereocenters. The summed E-state index contributed by atoms with van der Waals surface area (Å²) in [5, 5.41) is 9.34. The van der Waals surface area contributed by atoms with E-state index in [1.54, 1.807) is 0 Å². The Balaban J connectivity index is 2.65. The topological polar surface area (TPSA) is 40.5 Å². The minimum atomic E-state index is -0.608. The fourth-order valence-electron chi connectivity index (χ4n) is 2.81. The van der Waals surface area contributed by atoms with E-state index < -0.39 is 11.4 Å². The zero-order chi connectivity index (χ0) is 12.2. The van der Waals surface area contributed by atoms with Gasteiger partial charge in [-0.05, 0) is 32.2 Å². The van der Waals surface area contributed by atoms with Crippen LogP contribution in [0.4, 0.5) is 0 Å². The van der Waals surface area contributed by atoms with Crippen molar-refractivity contribution in [1.29, 1.82) is 0 Å². The van der Waals surface area contributed by atoms with Gasteiger partial charge >= 0.3 is 5.97 Å².